The number of nitrogens with zero attached hydrogens (tertiary/aromatic N) is 3. The molecule has 8 nitrogen and oxygen atoms in total. The van der Waals surface area contributed by atoms with Crippen molar-refractivity contribution in [3.8, 4) is 5.69 Å². The van der Waals surface area contributed by atoms with Crippen LogP contribution in [0.5, 0.6) is 0 Å². The molecule has 1 amide bonds. The van der Waals surface area contributed by atoms with Gasteiger partial charge in [0.2, 0.25) is 15.9 Å². The van der Waals surface area contributed by atoms with Crippen LogP contribution in [-0.4, -0.2) is 46.8 Å². The van der Waals surface area contributed by atoms with Crippen molar-refractivity contribution in [2.75, 3.05) is 24.2 Å². The van der Waals surface area contributed by atoms with Crippen LogP contribution in [0.3, 0.4) is 0 Å². The molecule has 0 radical (unpaired) electrons. The zero-order valence-corrected chi connectivity index (χ0v) is 21.0. The molecule has 1 fully saturated rings. The van der Waals surface area contributed by atoms with Gasteiger partial charge in [0.05, 0.1) is 17.1 Å². The maximum atomic E-state index is 13.1. The summed E-state index contributed by atoms with van der Waals surface area (Å²) in [7, 11) is -1.58. The smallest absolute Gasteiger partial charge is 0.295 e. The summed E-state index contributed by atoms with van der Waals surface area (Å²) in [6.45, 7) is 2.42. The molecule has 0 saturated carbocycles. The Balaban J connectivity index is 1.35. The number of hydrogen-bond acceptors (Lipinski definition) is 4. The number of anilines is 1. The summed E-state index contributed by atoms with van der Waals surface area (Å²) in [4.78, 5) is 26.0. The number of para-hydroxylation sites is 1. The van der Waals surface area contributed by atoms with Crippen molar-refractivity contribution in [3.05, 3.63) is 82.3 Å². The molecule has 4 rings (SSSR count). The predicted molar refractivity (Wildman–Crippen MR) is 137 cm³/mol. The topological polar surface area (TPSA) is 93.4 Å². The van der Waals surface area contributed by atoms with E-state index < -0.39 is 10.0 Å². The molecule has 0 spiro atoms. The van der Waals surface area contributed by atoms with E-state index in [4.69, 9.17) is 0 Å². The van der Waals surface area contributed by atoms with Crippen LogP contribution >= 0.6 is 0 Å². The third-order valence-corrected chi connectivity index (χ3v) is 8.69. The number of sulfonamides is 1. The Kier molecular flexibility index (Phi) is 7.57. The largest absolute Gasteiger partial charge is 0.320 e. The first-order chi connectivity index (χ1) is 16.8. The number of benzene rings is 2. The van der Waals surface area contributed by atoms with Crippen molar-refractivity contribution >= 4 is 21.6 Å². The summed E-state index contributed by atoms with van der Waals surface area (Å²) in [6.07, 6.45) is 2.15. The molecule has 0 aliphatic carbocycles. The highest BCUT2D eigenvalue weighted by molar-refractivity contribution is 7.89. The molecule has 0 unspecified atom stereocenters. The Morgan fingerprint density at radius 2 is 1.60 bits per heavy atom. The van der Waals surface area contributed by atoms with Gasteiger partial charge in [-0.15, -0.1) is 0 Å². The molecule has 1 aliphatic rings. The van der Waals surface area contributed by atoms with E-state index in [-0.39, 0.29) is 28.8 Å². The molecule has 35 heavy (non-hydrogen) atoms. The fourth-order valence-corrected chi connectivity index (χ4v) is 6.10. The lowest BCUT2D eigenvalue weighted by atomic mass is 9.97. The zero-order valence-electron chi connectivity index (χ0n) is 20.2. The number of rotatable bonds is 8. The van der Waals surface area contributed by atoms with E-state index in [1.54, 1.807) is 18.7 Å². The monoisotopic (exact) mass is 496 g/mol. The molecule has 0 atom stereocenters. The minimum Gasteiger partial charge on any atom is -0.320 e. The first-order valence-corrected chi connectivity index (χ1v) is 13.6. The number of carbonyl (C=O) groups is 1. The second-order valence-corrected chi connectivity index (χ2v) is 11.1. The van der Waals surface area contributed by atoms with Crippen molar-refractivity contribution in [2.24, 2.45) is 13.0 Å². The lowest BCUT2D eigenvalue weighted by molar-refractivity contribution is -0.120. The molecule has 9 heteroatoms. The molecular weight excluding hydrogens is 464 g/mol. The van der Waals surface area contributed by atoms with Crippen molar-refractivity contribution in [1.29, 1.82) is 0 Å². The van der Waals surface area contributed by atoms with Gasteiger partial charge in [0.25, 0.3) is 5.56 Å². The summed E-state index contributed by atoms with van der Waals surface area (Å²) >= 11 is 0. The van der Waals surface area contributed by atoms with E-state index in [1.807, 2.05) is 60.7 Å². The maximum Gasteiger partial charge on any atom is 0.295 e. The normalized spacial score (nSPS) is 15.3. The summed E-state index contributed by atoms with van der Waals surface area (Å²) in [6, 6.07) is 19.1. The number of carbonyl (C=O) groups excluding carboxylic acids is 1. The minimum absolute atomic E-state index is 0.0982. The lowest BCUT2D eigenvalue weighted by Gasteiger charge is -2.30. The number of aryl methyl sites for hydroxylation is 1. The van der Waals surface area contributed by atoms with Crippen LogP contribution in [0.15, 0.2) is 65.5 Å². The molecule has 3 aromatic rings. The Bertz CT molecular complexity index is 1320. The van der Waals surface area contributed by atoms with Gasteiger partial charge in [0.1, 0.15) is 5.69 Å². The summed E-state index contributed by atoms with van der Waals surface area (Å²) in [5.41, 5.74) is 2.47. The first-order valence-electron chi connectivity index (χ1n) is 11.9. The average molecular weight is 497 g/mol. The van der Waals surface area contributed by atoms with Crippen LogP contribution in [0, 0.1) is 12.8 Å². The van der Waals surface area contributed by atoms with Gasteiger partial charge in [-0.1, -0.05) is 48.5 Å². The van der Waals surface area contributed by atoms with Crippen LogP contribution in [0.4, 0.5) is 5.69 Å². The van der Waals surface area contributed by atoms with Gasteiger partial charge in [-0.25, -0.2) is 17.4 Å². The third-order valence-electron chi connectivity index (χ3n) is 6.73. The van der Waals surface area contributed by atoms with Crippen LogP contribution in [0.2, 0.25) is 0 Å². The lowest BCUT2D eigenvalue weighted by Crippen LogP contribution is -2.42. The van der Waals surface area contributed by atoms with E-state index in [2.05, 4.69) is 5.32 Å². The molecular formula is C26H32N4O4S. The zero-order chi connectivity index (χ0) is 25.0. The quantitative estimate of drug-likeness (QED) is 0.519. The maximum absolute atomic E-state index is 13.1. The minimum atomic E-state index is -3.36. The highest BCUT2D eigenvalue weighted by Crippen LogP contribution is 2.23. The predicted octanol–water partition coefficient (Wildman–Crippen LogP) is 3.10. The van der Waals surface area contributed by atoms with Gasteiger partial charge >= 0.3 is 0 Å². The van der Waals surface area contributed by atoms with Crippen molar-refractivity contribution < 1.29 is 13.2 Å². The molecule has 2 heterocycles. The van der Waals surface area contributed by atoms with Crippen LogP contribution in [-0.2, 0) is 28.3 Å². The summed E-state index contributed by atoms with van der Waals surface area (Å²) in [5, 5.41) is 2.82. The average Bonchev–Trinajstić information content (AvgIpc) is 3.08. The number of hydrogen-bond donors (Lipinski definition) is 1. The molecule has 186 valence electrons. The fourth-order valence-electron chi connectivity index (χ4n) is 4.57. The molecule has 1 N–H and O–H groups in total. The van der Waals surface area contributed by atoms with Gasteiger partial charge in [0, 0.05) is 26.1 Å². The van der Waals surface area contributed by atoms with E-state index in [0.717, 1.165) is 17.7 Å². The van der Waals surface area contributed by atoms with Gasteiger partial charge in [-0.05, 0) is 50.3 Å². The van der Waals surface area contributed by atoms with Crippen molar-refractivity contribution in [2.45, 2.75) is 32.6 Å². The van der Waals surface area contributed by atoms with Crippen molar-refractivity contribution in [3.63, 3.8) is 0 Å². The van der Waals surface area contributed by atoms with E-state index in [0.29, 0.717) is 38.0 Å². The highest BCUT2D eigenvalue weighted by atomic mass is 32.2. The van der Waals surface area contributed by atoms with Crippen LogP contribution in [0.25, 0.3) is 5.69 Å². The Morgan fingerprint density at radius 1 is 1.00 bits per heavy atom. The Labute approximate surface area is 206 Å². The second-order valence-electron chi connectivity index (χ2n) is 9.00. The van der Waals surface area contributed by atoms with Gasteiger partial charge in [0.15, 0.2) is 0 Å². The fraction of sp³-hybridized carbons (Fsp3) is 0.385. The van der Waals surface area contributed by atoms with Crippen LogP contribution in [0.1, 0.15) is 30.5 Å². The number of nitrogens with one attached hydrogen (secondary N) is 1. The number of aromatic nitrogens is 2. The second kappa shape index (κ2) is 10.6. The summed E-state index contributed by atoms with van der Waals surface area (Å²) in [5.74, 6) is -0.479. The van der Waals surface area contributed by atoms with Crippen molar-refractivity contribution in [1.82, 2.24) is 13.7 Å². The molecule has 1 aromatic heterocycles. The number of piperidine rings is 1. The van der Waals surface area contributed by atoms with E-state index in [9.17, 15) is 18.0 Å². The van der Waals surface area contributed by atoms with Gasteiger partial charge in [-0.3, -0.25) is 14.3 Å². The molecule has 0 bridgehead atoms. The third kappa shape index (κ3) is 5.57. The summed E-state index contributed by atoms with van der Waals surface area (Å²) < 4.78 is 30.3. The Hall–Kier alpha value is -3.17. The standard InChI is InChI=1S/C26H32N4O4S/c1-20-24(26(32)30(28(20)2)23-13-7-4-8-14-23)27-25(31)22-15-17-29(18-16-22)35(33,34)19-9-12-21-10-5-3-6-11-21/h3-8,10-11,13-14,22H,9,12,15-19H2,1-2H3,(H,27,31). The van der Waals surface area contributed by atoms with Gasteiger partial charge < -0.3 is 5.32 Å². The van der Waals surface area contributed by atoms with E-state index in [1.165, 1.54) is 8.99 Å². The molecule has 2 aromatic carbocycles. The first kappa shape index (κ1) is 24.9. The SMILES string of the molecule is Cc1c(NC(=O)C2CCN(S(=O)(=O)CCCc3ccccc3)CC2)c(=O)n(-c2ccccc2)n1C. The highest BCUT2D eigenvalue weighted by Gasteiger charge is 2.31. The van der Waals surface area contributed by atoms with Gasteiger partial charge in [-0.2, -0.15) is 0 Å². The number of amides is 1. The molecule has 1 saturated heterocycles. The van der Waals surface area contributed by atoms with E-state index >= 15 is 0 Å². The van der Waals surface area contributed by atoms with Crippen LogP contribution < -0.4 is 10.9 Å². The molecule has 1 aliphatic heterocycles. The Morgan fingerprint density at radius 3 is 2.23 bits per heavy atom.